The molecule has 0 aromatic heterocycles. The van der Waals surface area contributed by atoms with Crippen molar-refractivity contribution in [3.63, 3.8) is 0 Å². The van der Waals surface area contributed by atoms with Gasteiger partial charge in [-0.25, -0.2) is 0 Å². The molecule has 0 heterocycles. The molecule has 2 aromatic carbocycles. The molecule has 18 heavy (non-hydrogen) atoms. The fourth-order valence-corrected chi connectivity index (χ4v) is 2.10. The second kappa shape index (κ2) is 5.50. The highest BCUT2D eigenvalue weighted by Crippen LogP contribution is 2.15. The van der Waals surface area contributed by atoms with Crippen LogP contribution in [-0.4, -0.2) is 5.84 Å². The molecule has 3 N–H and O–H groups in total. The molecule has 0 saturated heterocycles. The van der Waals surface area contributed by atoms with Crippen LogP contribution >= 0.6 is 0 Å². The third-order valence-corrected chi connectivity index (χ3v) is 3.16. The predicted molar refractivity (Wildman–Crippen MR) is 76.1 cm³/mol. The zero-order chi connectivity index (χ0) is 13.0. The molecule has 2 rings (SSSR count). The van der Waals surface area contributed by atoms with Crippen molar-refractivity contribution in [1.82, 2.24) is 0 Å². The van der Waals surface area contributed by atoms with Crippen LogP contribution in [0, 0.1) is 5.41 Å². The summed E-state index contributed by atoms with van der Waals surface area (Å²) < 4.78 is 0. The standard InChI is InChI=1S/C16H18N2/c1-2-13-5-3-4-6-15(13)11-12-7-9-14(10-8-12)16(17)18/h3-10H,2,11H2,1H3,(H3,17,18). The number of hydrogen-bond acceptors (Lipinski definition) is 1. The zero-order valence-electron chi connectivity index (χ0n) is 10.6. The van der Waals surface area contributed by atoms with Gasteiger partial charge in [0.15, 0.2) is 0 Å². The maximum absolute atomic E-state index is 7.37. The Morgan fingerprint density at radius 2 is 1.61 bits per heavy atom. The van der Waals surface area contributed by atoms with Gasteiger partial charge in [-0.15, -0.1) is 0 Å². The predicted octanol–water partition coefficient (Wildman–Crippen LogP) is 3.12. The molecule has 2 aromatic rings. The van der Waals surface area contributed by atoms with Gasteiger partial charge in [-0.3, -0.25) is 5.41 Å². The van der Waals surface area contributed by atoms with E-state index in [0.717, 1.165) is 18.4 Å². The van der Waals surface area contributed by atoms with E-state index in [9.17, 15) is 0 Å². The van der Waals surface area contributed by atoms with Gasteiger partial charge < -0.3 is 5.73 Å². The zero-order valence-corrected chi connectivity index (χ0v) is 10.6. The van der Waals surface area contributed by atoms with E-state index < -0.39 is 0 Å². The average molecular weight is 238 g/mol. The number of nitrogens with one attached hydrogen (secondary N) is 1. The molecular weight excluding hydrogens is 220 g/mol. The summed E-state index contributed by atoms with van der Waals surface area (Å²) in [5.74, 6) is 0.121. The number of aryl methyl sites for hydroxylation is 1. The first-order valence-electron chi connectivity index (χ1n) is 6.21. The largest absolute Gasteiger partial charge is 0.384 e. The lowest BCUT2D eigenvalue weighted by atomic mass is 9.98. The number of nitrogens with two attached hydrogens (primary N) is 1. The topological polar surface area (TPSA) is 49.9 Å². The summed E-state index contributed by atoms with van der Waals surface area (Å²) >= 11 is 0. The van der Waals surface area contributed by atoms with Gasteiger partial charge in [-0.1, -0.05) is 55.5 Å². The minimum Gasteiger partial charge on any atom is -0.384 e. The summed E-state index contributed by atoms with van der Waals surface area (Å²) in [6, 6.07) is 16.4. The number of rotatable bonds is 4. The Morgan fingerprint density at radius 1 is 1.00 bits per heavy atom. The fraction of sp³-hybridized carbons (Fsp3) is 0.188. The Hall–Kier alpha value is -2.09. The maximum atomic E-state index is 7.37. The fourth-order valence-electron chi connectivity index (χ4n) is 2.10. The monoisotopic (exact) mass is 238 g/mol. The first-order chi connectivity index (χ1) is 8.70. The lowest BCUT2D eigenvalue weighted by molar-refractivity contribution is 1.06. The number of benzene rings is 2. The summed E-state index contributed by atoms with van der Waals surface area (Å²) in [5, 5.41) is 7.37. The Labute approximate surface area is 108 Å². The molecule has 0 radical (unpaired) electrons. The molecule has 0 unspecified atom stereocenters. The first kappa shape index (κ1) is 12.4. The Bertz CT molecular complexity index is 541. The highest BCUT2D eigenvalue weighted by molar-refractivity contribution is 5.94. The molecule has 92 valence electrons. The molecule has 0 amide bonds. The maximum Gasteiger partial charge on any atom is 0.122 e. The van der Waals surface area contributed by atoms with Crippen molar-refractivity contribution in [1.29, 1.82) is 5.41 Å². The Morgan fingerprint density at radius 3 is 2.17 bits per heavy atom. The molecule has 0 saturated carbocycles. The molecule has 2 nitrogen and oxygen atoms in total. The van der Waals surface area contributed by atoms with Crippen LogP contribution < -0.4 is 5.73 Å². The van der Waals surface area contributed by atoms with Crippen molar-refractivity contribution < 1.29 is 0 Å². The van der Waals surface area contributed by atoms with Gasteiger partial charge in [-0.05, 0) is 29.5 Å². The van der Waals surface area contributed by atoms with Crippen LogP contribution in [0.5, 0.6) is 0 Å². The number of nitrogen functional groups attached to an aromatic ring is 1. The van der Waals surface area contributed by atoms with Gasteiger partial charge in [0.2, 0.25) is 0 Å². The van der Waals surface area contributed by atoms with E-state index in [4.69, 9.17) is 11.1 Å². The van der Waals surface area contributed by atoms with E-state index in [2.05, 4.69) is 31.2 Å². The summed E-state index contributed by atoms with van der Waals surface area (Å²) in [6.45, 7) is 2.18. The van der Waals surface area contributed by atoms with Crippen LogP contribution in [0.25, 0.3) is 0 Å². The van der Waals surface area contributed by atoms with Crippen molar-refractivity contribution in [2.45, 2.75) is 19.8 Å². The van der Waals surface area contributed by atoms with Crippen molar-refractivity contribution in [2.75, 3.05) is 0 Å². The van der Waals surface area contributed by atoms with Gasteiger partial charge >= 0.3 is 0 Å². The van der Waals surface area contributed by atoms with Gasteiger partial charge in [-0.2, -0.15) is 0 Å². The van der Waals surface area contributed by atoms with Gasteiger partial charge in [0.1, 0.15) is 5.84 Å². The molecule has 0 aliphatic carbocycles. The normalized spacial score (nSPS) is 10.3. The molecule has 0 bridgehead atoms. The van der Waals surface area contributed by atoms with Crippen LogP contribution in [-0.2, 0) is 12.8 Å². The second-order valence-electron chi connectivity index (χ2n) is 4.41. The first-order valence-corrected chi connectivity index (χ1v) is 6.21. The van der Waals surface area contributed by atoms with Crippen molar-refractivity contribution in [3.8, 4) is 0 Å². The number of amidine groups is 1. The van der Waals surface area contributed by atoms with Crippen molar-refractivity contribution >= 4 is 5.84 Å². The molecule has 0 spiro atoms. The summed E-state index contributed by atoms with van der Waals surface area (Å²) in [5.41, 5.74) is 10.2. The van der Waals surface area contributed by atoms with Gasteiger partial charge in [0, 0.05) is 5.56 Å². The summed E-state index contributed by atoms with van der Waals surface area (Å²) in [6.07, 6.45) is 1.99. The molecule has 0 aliphatic rings. The quantitative estimate of drug-likeness (QED) is 0.624. The average Bonchev–Trinajstić information content (AvgIpc) is 2.40. The summed E-state index contributed by atoms with van der Waals surface area (Å²) in [4.78, 5) is 0. The lowest BCUT2D eigenvalue weighted by Crippen LogP contribution is -2.10. The minimum absolute atomic E-state index is 0.121. The highest BCUT2D eigenvalue weighted by atomic mass is 14.7. The minimum atomic E-state index is 0.121. The van der Waals surface area contributed by atoms with Gasteiger partial charge in [0.05, 0.1) is 0 Å². The van der Waals surface area contributed by atoms with Crippen LogP contribution in [0.4, 0.5) is 0 Å². The van der Waals surface area contributed by atoms with E-state index >= 15 is 0 Å². The highest BCUT2D eigenvalue weighted by Gasteiger charge is 2.02. The van der Waals surface area contributed by atoms with Crippen LogP contribution in [0.3, 0.4) is 0 Å². The van der Waals surface area contributed by atoms with E-state index in [0.29, 0.717) is 0 Å². The SMILES string of the molecule is CCc1ccccc1Cc1ccc(C(=N)N)cc1. The van der Waals surface area contributed by atoms with Crippen LogP contribution in [0.15, 0.2) is 48.5 Å². The van der Waals surface area contributed by atoms with Crippen LogP contribution in [0.2, 0.25) is 0 Å². The Kier molecular flexibility index (Phi) is 3.78. The third kappa shape index (κ3) is 2.77. The molecule has 0 atom stereocenters. The number of hydrogen-bond donors (Lipinski definition) is 2. The van der Waals surface area contributed by atoms with Crippen molar-refractivity contribution in [3.05, 3.63) is 70.8 Å². The van der Waals surface area contributed by atoms with E-state index in [-0.39, 0.29) is 5.84 Å². The van der Waals surface area contributed by atoms with E-state index in [1.807, 2.05) is 24.3 Å². The molecule has 0 aliphatic heterocycles. The van der Waals surface area contributed by atoms with Crippen molar-refractivity contribution in [2.24, 2.45) is 5.73 Å². The third-order valence-electron chi connectivity index (χ3n) is 3.16. The molecular formula is C16H18N2. The van der Waals surface area contributed by atoms with Crippen LogP contribution in [0.1, 0.15) is 29.2 Å². The molecule has 2 heteroatoms. The van der Waals surface area contributed by atoms with E-state index in [1.165, 1.54) is 16.7 Å². The summed E-state index contributed by atoms with van der Waals surface area (Å²) in [7, 11) is 0. The lowest BCUT2D eigenvalue weighted by Gasteiger charge is -2.08. The smallest absolute Gasteiger partial charge is 0.122 e. The van der Waals surface area contributed by atoms with Gasteiger partial charge in [0.25, 0.3) is 0 Å². The Balaban J connectivity index is 2.21. The molecule has 0 fully saturated rings. The van der Waals surface area contributed by atoms with E-state index in [1.54, 1.807) is 0 Å². The second-order valence-corrected chi connectivity index (χ2v) is 4.41.